The van der Waals surface area contributed by atoms with Crippen molar-refractivity contribution in [2.45, 2.75) is 38.8 Å². The first kappa shape index (κ1) is 23.3. The number of halogens is 1. The van der Waals surface area contributed by atoms with Crippen molar-refractivity contribution < 1.29 is 14.3 Å². The lowest BCUT2D eigenvalue weighted by Gasteiger charge is -2.25. The van der Waals surface area contributed by atoms with Crippen LogP contribution in [0.15, 0.2) is 47.8 Å². The van der Waals surface area contributed by atoms with E-state index >= 15 is 0 Å². The summed E-state index contributed by atoms with van der Waals surface area (Å²) in [6.45, 7) is 3.25. The maximum atomic E-state index is 14.8. The fourth-order valence-electron chi connectivity index (χ4n) is 3.55. The number of carbonyl (C=O) groups is 1. The average Bonchev–Trinajstić information content (AvgIpc) is 3.56. The van der Waals surface area contributed by atoms with Crippen LogP contribution in [0.3, 0.4) is 0 Å². The number of anilines is 1. The van der Waals surface area contributed by atoms with E-state index in [1.54, 1.807) is 38.2 Å². The number of nitrogens with two attached hydrogens (primary N) is 2. The second-order valence-electron chi connectivity index (χ2n) is 8.34. The molecule has 1 saturated carbocycles. The zero-order valence-electron chi connectivity index (χ0n) is 18.9. The molecule has 1 aliphatic rings. The van der Waals surface area contributed by atoms with E-state index in [1.807, 2.05) is 10.9 Å². The Hall–Kier alpha value is -3.83. The van der Waals surface area contributed by atoms with Gasteiger partial charge < -0.3 is 16.3 Å². The molecule has 0 spiro atoms. The van der Waals surface area contributed by atoms with Gasteiger partial charge in [-0.15, -0.1) is 0 Å². The number of hydrazine groups is 1. The number of amides is 1. The van der Waals surface area contributed by atoms with Crippen molar-refractivity contribution in [3.8, 4) is 11.1 Å². The Morgan fingerprint density at radius 1 is 1.41 bits per heavy atom. The minimum absolute atomic E-state index is 0.117. The van der Waals surface area contributed by atoms with Gasteiger partial charge >= 0.3 is 0 Å². The molecule has 0 saturated heterocycles. The molecular formula is C23H27FN8O2. The van der Waals surface area contributed by atoms with Crippen LogP contribution in [0.4, 0.5) is 10.2 Å². The standard InChI is InChI=1S/C23H27FN8O2/c1-13-8-19(24)18(9-17(13)15-10-27-31(11-15)16-6-7-16)23(34)29-21-5-3-4-20(28-21)22(30-25)32(26)14(2)12-33/h3-5,8-11,14,16,33H,6-7,12,25-26H2,1-2H3,(H,28,29,34)/b30-22-. The predicted molar refractivity (Wildman–Crippen MR) is 126 cm³/mol. The highest BCUT2D eigenvalue weighted by Gasteiger charge is 2.25. The minimum atomic E-state index is -0.655. The quantitative estimate of drug-likeness (QED) is 0.180. The van der Waals surface area contributed by atoms with Gasteiger partial charge in [0.05, 0.1) is 30.5 Å². The van der Waals surface area contributed by atoms with E-state index in [1.165, 1.54) is 17.1 Å². The molecule has 1 fully saturated rings. The SMILES string of the molecule is Cc1cc(F)c(C(=O)Nc2cccc(/C(=N/N)N(N)C(C)CO)n2)cc1-c1cnn(C2CC2)c1. The van der Waals surface area contributed by atoms with E-state index in [0.29, 0.717) is 11.6 Å². The fraction of sp³-hybridized carbons (Fsp3) is 0.304. The van der Waals surface area contributed by atoms with Crippen LogP contribution in [0, 0.1) is 12.7 Å². The number of aliphatic hydroxyl groups is 1. The molecule has 11 heteroatoms. The van der Waals surface area contributed by atoms with Crippen LogP contribution in [-0.4, -0.2) is 49.3 Å². The number of aliphatic hydroxyl groups excluding tert-OH is 1. The van der Waals surface area contributed by atoms with Crippen molar-refractivity contribution in [3.63, 3.8) is 0 Å². The maximum Gasteiger partial charge on any atom is 0.259 e. The molecule has 1 aromatic carbocycles. The van der Waals surface area contributed by atoms with Gasteiger partial charge in [-0.05, 0) is 62.1 Å². The molecular weight excluding hydrogens is 439 g/mol. The van der Waals surface area contributed by atoms with Crippen molar-refractivity contribution in [1.29, 1.82) is 0 Å². The summed E-state index contributed by atoms with van der Waals surface area (Å²) < 4.78 is 16.7. The van der Waals surface area contributed by atoms with Gasteiger partial charge in [-0.2, -0.15) is 10.2 Å². The number of nitrogens with one attached hydrogen (secondary N) is 1. The molecule has 1 atom stereocenters. The van der Waals surface area contributed by atoms with E-state index in [-0.39, 0.29) is 29.5 Å². The lowest BCUT2D eigenvalue weighted by molar-refractivity contribution is 0.102. The van der Waals surface area contributed by atoms with E-state index in [2.05, 4.69) is 20.5 Å². The number of hydrazone groups is 1. The molecule has 1 unspecified atom stereocenters. The molecule has 6 N–H and O–H groups in total. The number of hydrogen-bond acceptors (Lipinski definition) is 7. The smallest absolute Gasteiger partial charge is 0.259 e. The molecule has 34 heavy (non-hydrogen) atoms. The van der Waals surface area contributed by atoms with E-state index < -0.39 is 17.8 Å². The molecule has 1 amide bonds. The van der Waals surface area contributed by atoms with Crippen LogP contribution in [0.2, 0.25) is 0 Å². The number of nitrogens with zero attached hydrogens (tertiary/aromatic N) is 5. The van der Waals surface area contributed by atoms with Gasteiger partial charge in [-0.25, -0.2) is 15.2 Å². The van der Waals surface area contributed by atoms with E-state index in [9.17, 15) is 14.3 Å². The summed E-state index contributed by atoms with van der Waals surface area (Å²) in [6, 6.07) is 7.60. The summed E-state index contributed by atoms with van der Waals surface area (Å²) >= 11 is 0. The highest BCUT2D eigenvalue weighted by Crippen LogP contribution is 2.36. The summed E-state index contributed by atoms with van der Waals surface area (Å²) in [4.78, 5) is 17.3. The largest absolute Gasteiger partial charge is 0.394 e. The number of aromatic nitrogens is 3. The summed E-state index contributed by atoms with van der Waals surface area (Å²) in [5, 5.41) is 21.2. The molecule has 2 heterocycles. The Labute approximate surface area is 196 Å². The Bertz CT molecular complexity index is 1240. The maximum absolute atomic E-state index is 14.8. The van der Waals surface area contributed by atoms with Crippen molar-refractivity contribution >= 4 is 17.6 Å². The van der Waals surface area contributed by atoms with Crippen LogP contribution in [0.1, 0.15) is 47.4 Å². The lowest BCUT2D eigenvalue weighted by atomic mass is 9.99. The molecule has 10 nitrogen and oxygen atoms in total. The monoisotopic (exact) mass is 466 g/mol. The molecule has 4 rings (SSSR count). The third kappa shape index (κ3) is 4.75. The third-order valence-corrected chi connectivity index (χ3v) is 5.72. The summed E-state index contributed by atoms with van der Waals surface area (Å²) in [5.41, 5.74) is 2.42. The Morgan fingerprint density at radius 3 is 2.85 bits per heavy atom. The van der Waals surface area contributed by atoms with Gasteiger partial charge in [0.2, 0.25) is 0 Å². The van der Waals surface area contributed by atoms with Gasteiger partial charge in [0.25, 0.3) is 5.91 Å². The molecule has 2 aromatic heterocycles. The summed E-state index contributed by atoms with van der Waals surface area (Å²) in [5.74, 6) is 10.4. The molecule has 1 aliphatic carbocycles. The lowest BCUT2D eigenvalue weighted by Crippen LogP contribution is -2.47. The van der Waals surface area contributed by atoms with Crippen molar-refractivity contribution in [2.75, 3.05) is 11.9 Å². The topological polar surface area (TPSA) is 148 Å². The minimum Gasteiger partial charge on any atom is -0.394 e. The molecule has 178 valence electrons. The molecule has 0 bridgehead atoms. The second-order valence-corrected chi connectivity index (χ2v) is 8.34. The third-order valence-electron chi connectivity index (χ3n) is 5.72. The zero-order valence-corrected chi connectivity index (χ0v) is 18.9. The number of carbonyl (C=O) groups excluding carboxylic acids is 1. The number of pyridine rings is 1. The second kappa shape index (κ2) is 9.57. The van der Waals surface area contributed by atoms with E-state index in [4.69, 9.17) is 11.7 Å². The van der Waals surface area contributed by atoms with Crippen molar-refractivity contribution in [2.24, 2.45) is 16.8 Å². The van der Waals surface area contributed by atoms with Gasteiger partial charge in [-0.3, -0.25) is 14.5 Å². The number of aryl methyl sites for hydroxylation is 1. The van der Waals surface area contributed by atoms with Crippen LogP contribution in [-0.2, 0) is 0 Å². The molecule has 0 radical (unpaired) electrons. The Balaban J connectivity index is 1.58. The first-order chi connectivity index (χ1) is 16.3. The zero-order chi connectivity index (χ0) is 24.4. The van der Waals surface area contributed by atoms with Crippen molar-refractivity contribution in [3.05, 3.63) is 65.4 Å². The first-order valence-corrected chi connectivity index (χ1v) is 10.9. The van der Waals surface area contributed by atoms with Gasteiger partial charge in [0.1, 0.15) is 17.3 Å². The average molecular weight is 467 g/mol. The number of hydrogen-bond donors (Lipinski definition) is 4. The summed E-state index contributed by atoms with van der Waals surface area (Å²) in [6.07, 6.45) is 5.84. The fourth-order valence-corrected chi connectivity index (χ4v) is 3.55. The molecule has 0 aliphatic heterocycles. The molecule has 3 aromatic rings. The van der Waals surface area contributed by atoms with Crippen LogP contribution >= 0.6 is 0 Å². The Morgan fingerprint density at radius 2 is 2.18 bits per heavy atom. The number of rotatable bonds is 7. The highest BCUT2D eigenvalue weighted by molar-refractivity contribution is 6.05. The van der Waals surface area contributed by atoms with Crippen LogP contribution in [0.25, 0.3) is 11.1 Å². The van der Waals surface area contributed by atoms with Gasteiger partial charge in [0.15, 0.2) is 5.84 Å². The predicted octanol–water partition coefficient (Wildman–Crippen LogP) is 2.16. The summed E-state index contributed by atoms with van der Waals surface area (Å²) in [7, 11) is 0. The first-order valence-electron chi connectivity index (χ1n) is 10.9. The van der Waals surface area contributed by atoms with Gasteiger partial charge in [-0.1, -0.05) is 6.07 Å². The number of benzene rings is 1. The van der Waals surface area contributed by atoms with E-state index in [0.717, 1.165) is 24.0 Å². The van der Waals surface area contributed by atoms with Crippen molar-refractivity contribution in [1.82, 2.24) is 19.8 Å². The van der Waals surface area contributed by atoms with Crippen LogP contribution < -0.4 is 17.0 Å². The highest BCUT2D eigenvalue weighted by atomic mass is 19.1. The van der Waals surface area contributed by atoms with Gasteiger partial charge in [0, 0.05) is 11.8 Å². The normalized spacial score (nSPS) is 14.7. The van der Waals surface area contributed by atoms with Crippen LogP contribution in [0.5, 0.6) is 0 Å². The number of amidine groups is 1. The Kier molecular flexibility index (Phi) is 6.57.